The Kier molecular flexibility index (Phi) is 6.35. The highest BCUT2D eigenvalue weighted by atomic mass is 32.1. The largest absolute Gasteiger partial charge is 0.449 e. The van der Waals surface area contributed by atoms with Crippen molar-refractivity contribution in [2.45, 2.75) is 45.3 Å². The number of rotatable bonds is 4. The average Bonchev–Trinajstić information content (AvgIpc) is 3.44. The summed E-state index contributed by atoms with van der Waals surface area (Å²) in [6.45, 7) is 2.85. The fraction of sp³-hybridized carbons (Fsp3) is 0.258. The van der Waals surface area contributed by atoms with Crippen LogP contribution < -0.4 is 0 Å². The van der Waals surface area contributed by atoms with Crippen LogP contribution in [-0.2, 0) is 28.9 Å². The smallest absolute Gasteiger partial charge is 0.339 e. The van der Waals surface area contributed by atoms with Gasteiger partial charge in [0.05, 0.1) is 16.8 Å². The van der Waals surface area contributed by atoms with Crippen molar-refractivity contribution < 1.29 is 14.3 Å². The average molecular weight is 509 g/mol. The van der Waals surface area contributed by atoms with Gasteiger partial charge in [-0.15, -0.1) is 11.3 Å². The van der Waals surface area contributed by atoms with E-state index in [9.17, 15) is 9.59 Å². The first kappa shape index (κ1) is 23.6. The van der Waals surface area contributed by atoms with Crippen LogP contribution in [0.3, 0.4) is 0 Å². The maximum absolute atomic E-state index is 13.7. The van der Waals surface area contributed by atoms with E-state index >= 15 is 0 Å². The van der Waals surface area contributed by atoms with E-state index < -0.39 is 12.1 Å². The highest BCUT2D eigenvalue weighted by Crippen LogP contribution is 2.37. The number of pyridine rings is 1. The predicted octanol–water partition coefficient (Wildman–Crippen LogP) is 6.30. The summed E-state index contributed by atoms with van der Waals surface area (Å²) in [5.41, 5.74) is 6.66. The third-order valence-corrected chi connectivity index (χ3v) is 8.13. The summed E-state index contributed by atoms with van der Waals surface area (Å²) < 4.78 is 5.88. The molecule has 1 amide bonds. The molecule has 0 saturated carbocycles. The molecule has 3 heterocycles. The van der Waals surface area contributed by atoms with Crippen molar-refractivity contribution in [2.75, 3.05) is 6.54 Å². The van der Waals surface area contributed by atoms with Crippen LogP contribution in [0.4, 0.5) is 0 Å². The first-order valence-electron chi connectivity index (χ1n) is 12.8. The van der Waals surface area contributed by atoms with Gasteiger partial charge in [-0.25, -0.2) is 9.78 Å². The van der Waals surface area contributed by atoms with E-state index in [2.05, 4.69) is 29.7 Å². The van der Waals surface area contributed by atoms with Crippen molar-refractivity contribution in [1.82, 2.24) is 9.88 Å². The summed E-state index contributed by atoms with van der Waals surface area (Å²) in [5.74, 6) is -0.612. The van der Waals surface area contributed by atoms with Crippen molar-refractivity contribution in [3.63, 3.8) is 0 Å². The summed E-state index contributed by atoms with van der Waals surface area (Å²) in [6.07, 6.45) is 4.72. The van der Waals surface area contributed by atoms with Gasteiger partial charge in [-0.05, 0) is 78.5 Å². The lowest BCUT2D eigenvalue weighted by Gasteiger charge is -2.31. The first-order chi connectivity index (χ1) is 18.1. The van der Waals surface area contributed by atoms with Crippen LogP contribution in [0.1, 0.15) is 57.4 Å². The Labute approximate surface area is 220 Å². The van der Waals surface area contributed by atoms with Gasteiger partial charge in [0, 0.05) is 23.4 Å². The lowest BCUT2D eigenvalue weighted by atomic mass is 9.86. The summed E-state index contributed by atoms with van der Waals surface area (Å²) >= 11 is 1.69. The van der Waals surface area contributed by atoms with Crippen LogP contribution in [0, 0.1) is 0 Å². The number of aromatic nitrogens is 1. The Morgan fingerprint density at radius 1 is 1.00 bits per heavy atom. The predicted molar refractivity (Wildman–Crippen MR) is 147 cm³/mol. The van der Waals surface area contributed by atoms with Crippen LogP contribution in [-0.4, -0.2) is 34.4 Å². The number of hydrogen-bond donors (Lipinski definition) is 0. The van der Waals surface area contributed by atoms with Crippen molar-refractivity contribution in [1.29, 1.82) is 0 Å². The Balaban J connectivity index is 1.31. The fourth-order valence-electron chi connectivity index (χ4n) is 5.46. The molecule has 2 aromatic carbocycles. The van der Waals surface area contributed by atoms with E-state index in [4.69, 9.17) is 9.72 Å². The Morgan fingerprint density at radius 3 is 2.65 bits per heavy atom. The lowest BCUT2D eigenvalue weighted by molar-refractivity contribution is -0.140. The molecule has 1 atom stereocenters. The normalized spacial score (nSPS) is 16.8. The summed E-state index contributed by atoms with van der Waals surface area (Å²) in [5, 5.41) is 2.83. The molecule has 0 radical (unpaired) electrons. The van der Waals surface area contributed by atoms with Gasteiger partial charge in [0.1, 0.15) is 0 Å². The molecular formula is C31H28N2O3S. The number of allylic oxidation sites excluding steroid dienone is 1. The van der Waals surface area contributed by atoms with Crippen LogP contribution in [0.15, 0.2) is 66.0 Å². The number of amides is 1. The highest BCUT2D eigenvalue weighted by molar-refractivity contribution is 7.10. The van der Waals surface area contributed by atoms with E-state index in [1.165, 1.54) is 10.4 Å². The van der Waals surface area contributed by atoms with E-state index in [-0.39, 0.29) is 5.91 Å². The number of carbonyl (C=O) groups is 2. The number of hydrogen-bond acceptors (Lipinski definition) is 5. The topological polar surface area (TPSA) is 59.5 Å². The zero-order valence-electron chi connectivity index (χ0n) is 20.8. The quantitative estimate of drug-likeness (QED) is 0.304. The summed E-state index contributed by atoms with van der Waals surface area (Å²) in [7, 11) is 0. The van der Waals surface area contributed by atoms with Gasteiger partial charge in [-0.1, -0.05) is 48.5 Å². The molecular weight excluding hydrogens is 480 g/mol. The second kappa shape index (κ2) is 9.94. The van der Waals surface area contributed by atoms with Crippen molar-refractivity contribution in [2.24, 2.45) is 0 Å². The molecule has 6 rings (SSSR count). The van der Waals surface area contributed by atoms with Gasteiger partial charge in [-0.2, -0.15) is 0 Å². The molecule has 0 spiro atoms. The molecule has 2 aromatic heterocycles. The molecule has 1 aliphatic heterocycles. The number of thiophene rings is 1. The minimum absolute atomic E-state index is 0.159. The number of para-hydroxylation sites is 1. The maximum atomic E-state index is 13.7. The molecule has 1 aliphatic carbocycles. The lowest BCUT2D eigenvalue weighted by Crippen LogP contribution is -2.42. The number of nitrogens with zero attached hydrogens (tertiary/aromatic N) is 2. The molecule has 6 heteroatoms. The molecule has 0 unspecified atom stereocenters. The molecule has 37 heavy (non-hydrogen) atoms. The van der Waals surface area contributed by atoms with Gasteiger partial charge in [-0.3, -0.25) is 4.79 Å². The van der Waals surface area contributed by atoms with Crippen LogP contribution in [0.25, 0.3) is 22.6 Å². The fourth-order valence-corrected chi connectivity index (χ4v) is 6.15. The first-order valence-corrected chi connectivity index (χ1v) is 13.7. The molecule has 0 bridgehead atoms. The molecule has 5 nitrogen and oxygen atoms in total. The number of fused-ring (bicyclic) bond motifs is 3. The minimum Gasteiger partial charge on any atom is -0.449 e. The summed E-state index contributed by atoms with van der Waals surface area (Å²) in [6, 6.07) is 20.0. The van der Waals surface area contributed by atoms with E-state index in [0.29, 0.717) is 18.7 Å². The molecule has 0 fully saturated rings. The van der Waals surface area contributed by atoms with E-state index in [0.717, 1.165) is 59.0 Å². The van der Waals surface area contributed by atoms with Gasteiger partial charge >= 0.3 is 5.97 Å². The SMILES string of the molecule is C[C@@H](OC(=O)c1c2c(nc3ccccc13)/C(=C\c1cccs1)CCC2)C(=O)N1CCc2ccccc2C1. The molecule has 0 saturated heterocycles. The molecule has 186 valence electrons. The van der Waals surface area contributed by atoms with Gasteiger partial charge in [0.25, 0.3) is 5.91 Å². The Bertz CT molecular complexity index is 1520. The molecule has 0 N–H and O–H groups in total. The number of carbonyl (C=O) groups excluding carboxylic acids is 2. The molecule has 4 aromatic rings. The van der Waals surface area contributed by atoms with E-state index in [1.807, 2.05) is 42.5 Å². The number of esters is 1. The third kappa shape index (κ3) is 4.58. The van der Waals surface area contributed by atoms with Crippen LogP contribution in [0.5, 0.6) is 0 Å². The van der Waals surface area contributed by atoms with Gasteiger partial charge in [0.2, 0.25) is 0 Å². The molecule has 2 aliphatic rings. The van der Waals surface area contributed by atoms with Crippen molar-refractivity contribution in [3.05, 3.63) is 98.9 Å². The van der Waals surface area contributed by atoms with Crippen molar-refractivity contribution >= 4 is 45.8 Å². The van der Waals surface area contributed by atoms with Crippen LogP contribution in [0.2, 0.25) is 0 Å². The number of ether oxygens (including phenoxy) is 1. The minimum atomic E-state index is -0.870. The van der Waals surface area contributed by atoms with Gasteiger partial charge in [0.15, 0.2) is 6.10 Å². The second-order valence-corrected chi connectivity index (χ2v) is 10.7. The van der Waals surface area contributed by atoms with Gasteiger partial charge < -0.3 is 9.64 Å². The standard InChI is InChI=1S/C31H28N2O3S/c1-20(30(34)33-16-15-21-8-2-3-9-23(21)19-33)36-31(35)28-25-12-4-5-14-27(25)32-29-22(10-6-13-26(28)29)18-24-11-7-17-37-24/h2-5,7-9,11-12,14,17-18,20H,6,10,13,15-16,19H2,1H3/b22-18-/t20-/m1/s1. The zero-order chi connectivity index (χ0) is 25.4. The Hall–Kier alpha value is -3.77. The zero-order valence-corrected chi connectivity index (χ0v) is 21.6. The van der Waals surface area contributed by atoms with Crippen molar-refractivity contribution in [3.8, 4) is 0 Å². The van der Waals surface area contributed by atoms with Crippen LogP contribution >= 0.6 is 11.3 Å². The van der Waals surface area contributed by atoms with E-state index in [1.54, 1.807) is 23.2 Å². The second-order valence-electron chi connectivity index (χ2n) is 9.70. The number of benzene rings is 2. The Morgan fingerprint density at radius 2 is 1.81 bits per heavy atom. The highest BCUT2D eigenvalue weighted by Gasteiger charge is 2.30. The summed E-state index contributed by atoms with van der Waals surface area (Å²) in [4.78, 5) is 34.9. The monoisotopic (exact) mass is 508 g/mol. The third-order valence-electron chi connectivity index (χ3n) is 7.31. The maximum Gasteiger partial charge on any atom is 0.339 e.